The molecule has 35 heavy (non-hydrogen) atoms. The Balaban J connectivity index is 1.30. The van der Waals surface area contributed by atoms with E-state index in [4.69, 9.17) is 4.74 Å². The minimum absolute atomic E-state index is 0.0170. The second-order valence-corrected chi connectivity index (χ2v) is 12.0. The zero-order chi connectivity index (χ0) is 24.3. The summed E-state index contributed by atoms with van der Waals surface area (Å²) in [6, 6.07) is 6.47. The smallest absolute Gasteiger partial charge is 0.105 e. The summed E-state index contributed by atoms with van der Waals surface area (Å²) in [5.74, 6) is 1.29. The number of aromatic nitrogens is 2. The number of aryl methyl sites for hydroxylation is 1. The molecule has 6 heteroatoms. The normalized spacial score (nSPS) is 41.9. The highest BCUT2D eigenvalue weighted by Gasteiger charge is 2.67. The second-order valence-electron chi connectivity index (χ2n) is 12.0. The van der Waals surface area contributed by atoms with E-state index < -0.39 is 17.8 Å². The lowest BCUT2D eigenvalue weighted by Crippen LogP contribution is -2.61. The van der Waals surface area contributed by atoms with Crippen molar-refractivity contribution in [2.75, 3.05) is 14.1 Å². The van der Waals surface area contributed by atoms with Gasteiger partial charge < -0.3 is 24.8 Å². The standard InChI is InChI=1S/C29H35N3O3/c1-16-30-21-7-5-17(13-22(21)31-16)19-6-8-24-27(19,2)10-9-18-14-20-25(33)26(34)23(32(3)4)15-28(20)11-12-29(18,24)35-28/h5-7,9,13-14,23-26,33-34H,8,10-12,15H2,1-4H3,(H,30,31). The first-order valence-electron chi connectivity index (χ1n) is 13.0. The van der Waals surface area contributed by atoms with E-state index in [1.54, 1.807) is 0 Å². The molecule has 2 aliphatic heterocycles. The number of ether oxygens (including phenoxy) is 1. The van der Waals surface area contributed by atoms with Gasteiger partial charge in [0.2, 0.25) is 0 Å². The number of allylic oxidation sites excluding steroid dienone is 3. The summed E-state index contributed by atoms with van der Waals surface area (Å²) in [5.41, 5.74) is 6.04. The fourth-order valence-electron chi connectivity index (χ4n) is 8.25. The predicted octanol–water partition coefficient (Wildman–Crippen LogP) is 3.89. The van der Waals surface area contributed by atoms with Gasteiger partial charge in [-0.2, -0.15) is 0 Å². The number of H-pyrrole nitrogens is 1. The molecule has 7 atom stereocenters. The van der Waals surface area contributed by atoms with Gasteiger partial charge in [-0.3, -0.25) is 0 Å². The number of aliphatic hydroxyl groups is 2. The van der Waals surface area contributed by atoms with Crippen LogP contribution in [0, 0.1) is 18.3 Å². The second kappa shape index (κ2) is 6.94. The highest BCUT2D eigenvalue weighted by Crippen LogP contribution is 2.67. The maximum absolute atomic E-state index is 11.1. The Morgan fingerprint density at radius 3 is 2.80 bits per heavy atom. The zero-order valence-electron chi connectivity index (χ0n) is 21.0. The summed E-state index contributed by atoms with van der Waals surface area (Å²) < 4.78 is 7.23. The highest BCUT2D eigenvalue weighted by atomic mass is 16.5. The Bertz CT molecular complexity index is 1340. The first-order chi connectivity index (χ1) is 16.7. The number of benzene rings is 1. The quantitative estimate of drug-likeness (QED) is 0.617. The summed E-state index contributed by atoms with van der Waals surface area (Å²) in [6.45, 7) is 4.41. The van der Waals surface area contributed by atoms with Crippen LogP contribution < -0.4 is 0 Å². The van der Waals surface area contributed by atoms with Crippen LogP contribution in [-0.2, 0) is 4.74 Å². The molecule has 3 N–H and O–H groups in total. The Morgan fingerprint density at radius 2 is 2.00 bits per heavy atom. The van der Waals surface area contributed by atoms with E-state index in [2.05, 4.69) is 53.3 Å². The Kier molecular flexibility index (Phi) is 4.36. The summed E-state index contributed by atoms with van der Waals surface area (Å²) in [6.07, 6.45) is 9.82. The number of fused-ring (bicyclic) bond motifs is 2. The van der Waals surface area contributed by atoms with Crippen molar-refractivity contribution in [1.29, 1.82) is 0 Å². The van der Waals surface area contributed by atoms with E-state index >= 15 is 0 Å². The van der Waals surface area contributed by atoms with E-state index in [1.165, 1.54) is 16.7 Å². The Hall–Kier alpha value is -2.25. The molecule has 1 saturated carbocycles. The molecule has 1 aromatic carbocycles. The fraction of sp³-hybridized carbons (Fsp3) is 0.552. The first kappa shape index (κ1) is 22.0. The van der Waals surface area contributed by atoms with Crippen molar-refractivity contribution in [1.82, 2.24) is 14.9 Å². The molecule has 0 radical (unpaired) electrons. The summed E-state index contributed by atoms with van der Waals surface area (Å²) >= 11 is 0. The number of likely N-dealkylation sites (N-methyl/N-ethyl adjacent to an activating group) is 1. The minimum atomic E-state index is -0.886. The average molecular weight is 474 g/mol. The number of nitrogens with one attached hydrogen (secondary N) is 1. The minimum Gasteiger partial charge on any atom is -0.388 e. The van der Waals surface area contributed by atoms with E-state index in [0.717, 1.165) is 54.5 Å². The third-order valence-corrected chi connectivity index (χ3v) is 10.0. The van der Waals surface area contributed by atoms with Crippen LogP contribution in [0.2, 0.25) is 0 Å². The molecule has 3 aliphatic carbocycles. The molecule has 7 rings (SSSR count). The number of nitrogens with zero attached hydrogens (tertiary/aromatic N) is 2. The maximum Gasteiger partial charge on any atom is 0.105 e. The van der Waals surface area contributed by atoms with Crippen LogP contribution in [0.4, 0.5) is 0 Å². The van der Waals surface area contributed by atoms with Crippen LogP contribution >= 0.6 is 0 Å². The van der Waals surface area contributed by atoms with Crippen LogP contribution in [0.5, 0.6) is 0 Å². The van der Waals surface area contributed by atoms with Crippen LogP contribution in [0.15, 0.2) is 47.6 Å². The maximum atomic E-state index is 11.1. The number of aromatic amines is 1. The molecule has 6 nitrogen and oxygen atoms in total. The number of imidazole rings is 1. The van der Waals surface area contributed by atoms with Gasteiger partial charge in [-0.05, 0) is 87.5 Å². The molecule has 2 bridgehead atoms. The van der Waals surface area contributed by atoms with Gasteiger partial charge in [-0.1, -0.05) is 31.2 Å². The van der Waals surface area contributed by atoms with E-state index in [-0.39, 0.29) is 17.1 Å². The van der Waals surface area contributed by atoms with E-state index in [0.29, 0.717) is 5.92 Å². The molecule has 1 saturated heterocycles. The van der Waals surface area contributed by atoms with Crippen molar-refractivity contribution in [3.05, 3.63) is 59.0 Å². The first-order valence-corrected chi connectivity index (χ1v) is 13.0. The highest BCUT2D eigenvalue weighted by molar-refractivity contribution is 5.83. The van der Waals surface area contributed by atoms with Gasteiger partial charge in [0.15, 0.2) is 0 Å². The molecular weight excluding hydrogens is 438 g/mol. The molecule has 7 unspecified atom stereocenters. The molecule has 5 aliphatic rings. The zero-order valence-corrected chi connectivity index (χ0v) is 21.0. The molecule has 184 valence electrons. The van der Waals surface area contributed by atoms with Gasteiger partial charge in [0.1, 0.15) is 11.9 Å². The van der Waals surface area contributed by atoms with Crippen molar-refractivity contribution in [2.45, 2.75) is 75.4 Å². The lowest BCUT2D eigenvalue weighted by Gasteiger charge is -2.55. The molecule has 2 spiro atoms. The molecule has 2 fully saturated rings. The number of hydrogen-bond acceptors (Lipinski definition) is 5. The molecule has 1 aromatic heterocycles. The average Bonchev–Trinajstić information content (AvgIpc) is 3.47. The van der Waals surface area contributed by atoms with Gasteiger partial charge in [0.05, 0.1) is 28.3 Å². The number of aliphatic hydroxyl groups excluding tert-OH is 2. The number of hydrogen-bond donors (Lipinski definition) is 3. The van der Waals surface area contributed by atoms with Gasteiger partial charge in [-0.25, -0.2) is 4.98 Å². The summed E-state index contributed by atoms with van der Waals surface area (Å²) in [7, 11) is 3.96. The molecule has 3 heterocycles. The lowest BCUT2D eigenvalue weighted by molar-refractivity contribution is -0.161. The molecule has 0 amide bonds. The van der Waals surface area contributed by atoms with Crippen LogP contribution in [0.25, 0.3) is 16.6 Å². The van der Waals surface area contributed by atoms with Crippen molar-refractivity contribution in [3.63, 3.8) is 0 Å². The monoisotopic (exact) mass is 473 g/mol. The van der Waals surface area contributed by atoms with Gasteiger partial charge in [0.25, 0.3) is 0 Å². The van der Waals surface area contributed by atoms with E-state index in [9.17, 15) is 10.2 Å². The van der Waals surface area contributed by atoms with Gasteiger partial charge in [-0.15, -0.1) is 0 Å². The van der Waals surface area contributed by atoms with Gasteiger partial charge in [0, 0.05) is 17.4 Å². The van der Waals surface area contributed by atoms with E-state index in [1.807, 2.05) is 25.9 Å². The van der Waals surface area contributed by atoms with Crippen molar-refractivity contribution < 1.29 is 14.9 Å². The van der Waals surface area contributed by atoms with Crippen LogP contribution in [0.1, 0.15) is 50.4 Å². The summed E-state index contributed by atoms with van der Waals surface area (Å²) in [5, 5.41) is 22.0. The van der Waals surface area contributed by atoms with Crippen LogP contribution in [-0.4, -0.2) is 68.6 Å². The Morgan fingerprint density at radius 1 is 1.17 bits per heavy atom. The van der Waals surface area contributed by atoms with Crippen molar-refractivity contribution in [3.8, 4) is 0 Å². The third kappa shape index (κ3) is 2.71. The Labute approximate surface area is 206 Å². The van der Waals surface area contributed by atoms with Crippen molar-refractivity contribution >= 4 is 16.6 Å². The fourth-order valence-corrected chi connectivity index (χ4v) is 8.25. The lowest BCUT2D eigenvalue weighted by atomic mass is 9.58. The molecule has 2 aromatic rings. The largest absolute Gasteiger partial charge is 0.388 e. The van der Waals surface area contributed by atoms with Gasteiger partial charge >= 0.3 is 0 Å². The molecular formula is C29H35N3O3. The SMILES string of the molecule is Cc1nc2ccc(C3=CCC4C3(C)CC=C3C=C5C(O)C(O)C(N(C)C)CC56CCC34O6)cc2[nH]1. The topological polar surface area (TPSA) is 81.6 Å². The predicted molar refractivity (Wildman–Crippen MR) is 136 cm³/mol. The third-order valence-electron chi connectivity index (χ3n) is 10.0. The van der Waals surface area contributed by atoms with Crippen molar-refractivity contribution in [2.24, 2.45) is 11.3 Å². The number of rotatable bonds is 2. The van der Waals surface area contributed by atoms with Crippen LogP contribution in [0.3, 0.4) is 0 Å². The summed E-state index contributed by atoms with van der Waals surface area (Å²) in [4.78, 5) is 10.0.